The topological polar surface area (TPSA) is 85.1 Å². The lowest BCUT2D eigenvalue weighted by Crippen LogP contribution is -2.39. The molecule has 8 heteroatoms. The molecule has 2 aromatic rings. The second-order valence-electron chi connectivity index (χ2n) is 16.0. The van der Waals surface area contributed by atoms with Gasteiger partial charge in [0.2, 0.25) is 0 Å². The van der Waals surface area contributed by atoms with Gasteiger partial charge < -0.3 is 25.0 Å². The fourth-order valence-electron chi connectivity index (χ4n) is 8.79. The lowest BCUT2D eigenvalue weighted by molar-refractivity contribution is 0.0798. The summed E-state index contributed by atoms with van der Waals surface area (Å²) in [5.41, 5.74) is 8.18. The number of nitrogens with two attached hydrogens (primary N) is 1. The standard InChI is InChI=1S/C22H33NO2.C21H32N2O2.2CH4.ClH/c1-18-6-5-9-20(16-18)11-10-19-12-14-23(15-13-19)22(24)25-17-21-7-3-2-4-8-21;22-20-8-4-7-18(15-20)10-9-17-11-13-23(14-12-17)21(24)25-16-19-5-2-1-3-6-19;;;/h2-4,7-8,18-20H,5-6,9-17H2,1H3;1-3,5-6,17-18,20H,4,7-16,22H2;2*1H4;1H/t2*18-,20-;;;/m11.../s1. The average Bonchev–Trinajstić information content (AvgIpc) is 3.16. The third kappa shape index (κ3) is 16.6. The van der Waals surface area contributed by atoms with E-state index in [0.717, 1.165) is 92.6 Å². The van der Waals surface area contributed by atoms with E-state index in [-0.39, 0.29) is 39.4 Å². The van der Waals surface area contributed by atoms with Crippen LogP contribution in [0.2, 0.25) is 0 Å². The number of ether oxygens (including phenoxy) is 2. The summed E-state index contributed by atoms with van der Waals surface area (Å²) in [6, 6.07) is 20.2. The lowest BCUT2D eigenvalue weighted by Gasteiger charge is -2.33. The highest BCUT2D eigenvalue weighted by Gasteiger charge is 2.27. The van der Waals surface area contributed by atoms with Gasteiger partial charge in [-0.15, -0.1) is 12.4 Å². The van der Waals surface area contributed by atoms with Crippen molar-refractivity contribution in [2.45, 2.75) is 144 Å². The molecule has 4 atom stereocenters. The van der Waals surface area contributed by atoms with Crippen LogP contribution in [0.3, 0.4) is 0 Å². The van der Waals surface area contributed by atoms with Crippen molar-refractivity contribution in [3.63, 3.8) is 0 Å². The quantitative estimate of drug-likeness (QED) is 0.261. The maximum atomic E-state index is 12.2. The van der Waals surface area contributed by atoms with Gasteiger partial charge in [-0.05, 0) is 85.7 Å². The Bertz CT molecular complexity index is 1150. The number of carbonyl (C=O) groups excluding carboxylic acids is 2. The number of likely N-dealkylation sites (tertiary alicyclic amines) is 2. The number of hydrogen-bond donors (Lipinski definition) is 1. The zero-order chi connectivity index (χ0) is 35.0. The second-order valence-corrected chi connectivity index (χ2v) is 16.0. The smallest absolute Gasteiger partial charge is 0.410 e. The normalized spacial score (nSPS) is 23.5. The molecule has 2 heterocycles. The van der Waals surface area contributed by atoms with Crippen LogP contribution in [0.1, 0.15) is 136 Å². The molecule has 6 rings (SSSR count). The van der Waals surface area contributed by atoms with Gasteiger partial charge in [-0.2, -0.15) is 0 Å². The third-order valence-electron chi connectivity index (χ3n) is 12.0. The van der Waals surface area contributed by atoms with Crippen molar-refractivity contribution >= 4 is 24.6 Å². The predicted octanol–water partition coefficient (Wildman–Crippen LogP) is 11.7. The van der Waals surface area contributed by atoms with E-state index < -0.39 is 0 Å². The van der Waals surface area contributed by atoms with Gasteiger partial charge in [-0.1, -0.05) is 140 Å². The minimum absolute atomic E-state index is 0. The maximum absolute atomic E-state index is 12.2. The Morgan fingerprint density at radius 3 is 1.40 bits per heavy atom. The van der Waals surface area contributed by atoms with Crippen molar-refractivity contribution in [2.75, 3.05) is 26.2 Å². The van der Waals surface area contributed by atoms with E-state index in [1.807, 2.05) is 70.5 Å². The van der Waals surface area contributed by atoms with E-state index in [4.69, 9.17) is 15.2 Å². The predicted molar refractivity (Wildman–Crippen MR) is 222 cm³/mol. The number of piperidine rings is 2. The van der Waals surface area contributed by atoms with E-state index >= 15 is 0 Å². The van der Waals surface area contributed by atoms with E-state index in [1.165, 1.54) is 77.0 Å². The van der Waals surface area contributed by atoms with Crippen LogP contribution in [0.25, 0.3) is 0 Å². The largest absolute Gasteiger partial charge is 0.445 e. The van der Waals surface area contributed by atoms with Crippen LogP contribution in [0, 0.1) is 29.6 Å². The first kappa shape index (κ1) is 46.4. The van der Waals surface area contributed by atoms with Crippen LogP contribution in [0.5, 0.6) is 0 Å². The van der Waals surface area contributed by atoms with Gasteiger partial charge in [-0.25, -0.2) is 9.59 Å². The second kappa shape index (κ2) is 25.3. The SMILES string of the molecule is C.C.C[C@@H]1CCC[C@H](CCC2CCN(C(=O)OCc3ccccc3)CC2)C1.Cl.N[C@@H]1CCC[C@H](CCC2CCN(C(=O)OCc3ccccc3)CC2)C1. The molecule has 2 aliphatic heterocycles. The molecule has 0 spiro atoms. The number of benzene rings is 2. The fraction of sp³-hybridized carbons (Fsp3) is 0.689. The summed E-state index contributed by atoms with van der Waals surface area (Å²) in [5.74, 6) is 4.28. The van der Waals surface area contributed by atoms with Gasteiger partial charge in [0.1, 0.15) is 13.2 Å². The molecule has 7 nitrogen and oxygen atoms in total. The van der Waals surface area contributed by atoms with Crippen LogP contribution < -0.4 is 5.73 Å². The number of amides is 2. The van der Waals surface area contributed by atoms with Crippen LogP contribution in [-0.4, -0.2) is 54.2 Å². The van der Waals surface area contributed by atoms with E-state index in [0.29, 0.717) is 19.3 Å². The highest BCUT2D eigenvalue weighted by atomic mass is 35.5. The van der Waals surface area contributed by atoms with Crippen molar-refractivity contribution in [3.05, 3.63) is 71.8 Å². The van der Waals surface area contributed by atoms with Crippen LogP contribution in [0.15, 0.2) is 60.7 Å². The molecule has 4 fully saturated rings. The number of hydrogen-bond acceptors (Lipinski definition) is 5. The van der Waals surface area contributed by atoms with Gasteiger partial charge in [0, 0.05) is 32.2 Å². The first-order valence-corrected chi connectivity index (χ1v) is 20.1. The average molecular weight is 757 g/mol. The lowest BCUT2D eigenvalue weighted by atomic mass is 9.78. The van der Waals surface area contributed by atoms with Gasteiger partial charge in [0.15, 0.2) is 0 Å². The summed E-state index contributed by atoms with van der Waals surface area (Å²) in [6.45, 7) is 6.54. The third-order valence-corrected chi connectivity index (χ3v) is 12.0. The molecule has 0 unspecified atom stereocenters. The molecule has 2 amide bonds. The maximum Gasteiger partial charge on any atom is 0.410 e. The number of carbonyl (C=O) groups is 2. The van der Waals surface area contributed by atoms with Gasteiger partial charge >= 0.3 is 12.2 Å². The zero-order valence-electron chi connectivity index (χ0n) is 31.3. The molecule has 2 aliphatic carbocycles. The van der Waals surface area contributed by atoms with Gasteiger partial charge in [0.05, 0.1) is 0 Å². The summed E-state index contributed by atoms with van der Waals surface area (Å²) in [4.78, 5) is 28.2. The summed E-state index contributed by atoms with van der Waals surface area (Å²) in [7, 11) is 0. The van der Waals surface area contributed by atoms with E-state index in [1.54, 1.807) is 0 Å². The first-order chi connectivity index (χ1) is 24.4. The highest BCUT2D eigenvalue weighted by Crippen LogP contribution is 2.34. The van der Waals surface area contributed by atoms with Crippen molar-refractivity contribution in [3.8, 4) is 0 Å². The Kier molecular flexibility index (Phi) is 22.2. The molecule has 2 saturated heterocycles. The van der Waals surface area contributed by atoms with Crippen molar-refractivity contribution in [2.24, 2.45) is 35.3 Å². The van der Waals surface area contributed by atoms with Crippen molar-refractivity contribution in [1.82, 2.24) is 9.80 Å². The number of rotatable bonds is 10. The molecule has 0 radical (unpaired) electrons. The number of nitrogens with zero attached hydrogens (tertiary/aromatic N) is 2. The molecule has 2 saturated carbocycles. The Morgan fingerprint density at radius 1 is 0.585 bits per heavy atom. The minimum atomic E-state index is -0.166. The Hall–Kier alpha value is -2.77. The molecule has 4 aliphatic rings. The Labute approximate surface area is 329 Å². The van der Waals surface area contributed by atoms with E-state index in [2.05, 4.69) is 6.92 Å². The monoisotopic (exact) mass is 756 g/mol. The Balaban J connectivity index is 0.000000347. The molecule has 0 bridgehead atoms. The molecule has 300 valence electrons. The first-order valence-electron chi connectivity index (χ1n) is 20.1. The van der Waals surface area contributed by atoms with Crippen LogP contribution >= 0.6 is 12.4 Å². The van der Waals surface area contributed by atoms with Crippen LogP contribution in [-0.2, 0) is 22.7 Å². The molecule has 2 N–H and O–H groups in total. The van der Waals surface area contributed by atoms with Gasteiger partial charge in [-0.3, -0.25) is 0 Å². The number of halogens is 1. The summed E-state index contributed by atoms with van der Waals surface area (Å²) >= 11 is 0. The Morgan fingerprint density at radius 2 is 0.981 bits per heavy atom. The van der Waals surface area contributed by atoms with E-state index in [9.17, 15) is 9.59 Å². The summed E-state index contributed by atoms with van der Waals surface area (Å²) in [6.07, 6.45) is 20.4. The molecule has 2 aromatic carbocycles. The minimum Gasteiger partial charge on any atom is -0.445 e. The molecule has 0 aromatic heterocycles. The van der Waals surface area contributed by atoms with Crippen molar-refractivity contribution in [1.29, 1.82) is 0 Å². The van der Waals surface area contributed by atoms with Crippen molar-refractivity contribution < 1.29 is 19.1 Å². The zero-order valence-corrected chi connectivity index (χ0v) is 32.1. The summed E-state index contributed by atoms with van der Waals surface area (Å²) in [5, 5.41) is 0. The molecular weight excluding hydrogens is 682 g/mol. The highest BCUT2D eigenvalue weighted by molar-refractivity contribution is 5.85. The molecular formula is C45H74ClN3O4. The van der Waals surface area contributed by atoms with Crippen LogP contribution in [0.4, 0.5) is 9.59 Å². The fourth-order valence-corrected chi connectivity index (χ4v) is 8.79. The summed E-state index contributed by atoms with van der Waals surface area (Å²) < 4.78 is 10.9. The van der Waals surface area contributed by atoms with Gasteiger partial charge in [0.25, 0.3) is 0 Å². The molecule has 53 heavy (non-hydrogen) atoms.